The Labute approximate surface area is 90.6 Å². The SMILES string of the molecule is CCOc1ncc(CCN)c(C(F)(F)F)n1. The first-order chi connectivity index (χ1) is 7.49. The van der Waals surface area contributed by atoms with E-state index in [0.717, 1.165) is 6.20 Å². The van der Waals surface area contributed by atoms with Gasteiger partial charge in [-0.1, -0.05) is 0 Å². The van der Waals surface area contributed by atoms with Crippen molar-refractivity contribution in [2.75, 3.05) is 13.2 Å². The van der Waals surface area contributed by atoms with E-state index in [1.54, 1.807) is 6.92 Å². The molecule has 16 heavy (non-hydrogen) atoms. The van der Waals surface area contributed by atoms with Crippen molar-refractivity contribution in [1.82, 2.24) is 9.97 Å². The lowest BCUT2D eigenvalue weighted by molar-refractivity contribution is -0.142. The van der Waals surface area contributed by atoms with E-state index in [2.05, 4.69) is 9.97 Å². The lowest BCUT2D eigenvalue weighted by Crippen LogP contribution is -2.16. The number of nitrogens with two attached hydrogens (primary N) is 1. The van der Waals surface area contributed by atoms with E-state index in [9.17, 15) is 13.2 Å². The van der Waals surface area contributed by atoms with Crippen molar-refractivity contribution in [3.8, 4) is 6.01 Å². The molecule has 0 aromatic carbocycles. The largest absolute Gasteiger partial charge is 0.464 e. The molecule has 90 valence electrons. The van der Waals surface area contributed by atoms with Crippen LogP contribution in [0.15, 0.2) is 6.20 Å². The van der Waals surface area contributed by atoms with Crippen molar-refractivity contribution in [3.05, 3.63) is 17.5 Å². The Morgan fingerprint density at radius 2 is 2.12 bits per heavy atom. The van der Waals surface area contributed by atoms with Gasteiger partial charge in [-0.3, -0.25) is 0 Å². The summed E-state index contributed by atoms with van der Waals surface area (Å²) in [5.41, 5.74) is 4.22. The standard InChI is InChI=1S/C9H12F3N3O/c1-2-16-8-14-5-6(3-4-13)7(15-8)9(10,11)12/h5H,2-4,13H2,1H3. The Bertz CT molecular complexity index is 354. The van der Waals surface area contributed by atoms with Crippen LogP contribution in [-0.4, -0.2) is 23.1 Å². The number of alkyl halides is 3. The summed E-state index contributed by atoms with van der Waals surface area (Å²) < 4.78 is 42.6. The van der Waals surface area contributed by atoms with Crippen LogP contribution in [0.3, 0.4) is 0 Å². The quantitative estimate of drug-likeness (QED) is 0.856. The van der Waals surface area contributed by atoms with Gasteiger partial charge in [-0.2, -0.15) is 18.2 Å². The third kappa shape index (κ3) is 3.06. The van der Waals surface area contributed by atoms with Gasteiger partial charge in [0.2, 0.25) is 0 Å². The fourth-order valence-electron chi connectivity index (χ4n) is 1.17. The van der Waals surface area contributed by atoms with Crippen LogP contribution < -0.4 is 10.5 Å². The van der Waals surface area contributed by atoms with Gasteiger partial charge < -0.3 is 10.5 Å². The molecule has 0 aliphatic rings. The summed E-state index contributed by atoms with van der Waals surface area (Å²) in [6, 6.07) is -0.268. The van der Waals surface area contributed by atoms with Crippen LogP contribution in [0.25, 0.3) is 0 Å². The molecular weight excluding hydrogens is 223 g/mol. The third-order valence-electron chi connectivity index (χ3n) is 1.80. The number of halogens is 3. The van der Waals surface area contributed by atoms with E-state index in [1.807, 2.05) is 0 Å². The molecule has 0 spiro atoms. The highest BCUT2D eigenvalue weighted by Crippen LogP contribution is 2.31. The van der Waals surface area contributed by atoms with Gasteiger partial charge in [0, 0.05) is 11.8 Å². The number of hydrogen-bond acceptors (Lipinski definition) is 4. The Morgan fingerprint density at radius 3 is 2.62 bits per heavy atom. The molecular formula is C9H12F3N3O. The maximum absolute atomic E-state index is 12.6. The molecule has 0 fully saturated rings. The zero-order valence-electron chi connectivity index (χ0n) is 8.71. The topological polar surface area (TPSA) is 61.0 Å². The molecule has 0 aliphatic heterocycles. The van der Waals surface area contributed by atoms with Crippen LogP contribution in [0.1, 0.15) is 18.2 Å². The second kappa shape index (κ2) is 5.11. The molecule has 0 saturated carbocycles. The van der Waals surface area contributed by atoms with Crippen molar-refractivity contribution in [2.45, 2.75) is 19.5 Å². The normalized spacial score (nSPS) is 11.6. The zero-order chi connectivity index (χ0) is 12.2. The molecule has 1 rings (SSSR count). The van der Waals surface area contributed by atoms with Crippen molar-refractivity contribution in [3.63, 3.8) is 0 Å². The molecule has 0 aliphatic carbocycles. The van der Waals surface area contributed by atoms with Crippen molar-refractivity contribution >= 4 is 0 Å². The molecule has 1 aromatic heterocycles. The highest BCUT2D eigenvalue weighted by Gasteiger charge is 2.36. The fourth-order valence-corrected chi connectivity index (χ4v) is 1.17. The lowest BCUT2D eigenvalue weighted by Gasteiger charge is -2.11. The van der Waals surface area contributed by atoms with Gasteiger partial charge in [0.15, 0.2) is 5.69 Å². The number of aromatic nitrogens is 2. The number of rotatable bonds is 4. The highest BCUT2D eigenvalue weighted by molar-refractivity contribution is 5.22. The van der Waals surface area contributed by atoms with E-state index in [4.69, 9.17) is 10.5 Å². The smallest absolute Gasteiger partial charge is 0.433 e. The van der Waals surface area contributed by atoms with Gasteiger partial charge in [0.25, 0.3) is 0 Å². The van der Waals surface area contributed by atoms with Crippen molar-refractivity contribution < 1.29 is 17.9 Å². The summed E-state index contributed by atoms with van der Waals surface area (Å²) in [6.07, 6.45) is -3.33. The predicted molar refractivity (Wildman–Crippen MR) is 51.0 cm³/mol. The average Bonchev–Trinajstić information content (AvgIpc) is 2.19. The second-order valence-electron chi connectivity index (χ2n) is 3.00. The van der Waals surface area contributed by atoms with Gasteiger partial charge in [0.1, 0.15) is 0 Å². The molecule has 7 heteroatoms. The van der Waals surface area contributed by atoms with E-state index < -0.39 is 11.9 Å². The van der Waals surface area contributed by atoms with Crippen molar-refractivity contribution in [1.29, 1.82) is 0 Å². The lowest BCUT2D eigenvalue weighted by atomic mass is 10.1. The summed E-state index contributed by atoms with van der Waals surface area (Å²) in [7, 11) is 0. The van der Waals surface area contributed by atoms with Crippen LogP contribution in [0.4, 0.5) is 13.2 Å². The zero-order valence-corrected chi connectivity index (χ0v) is 8.71. The average molecular weight is 235 g/mol. The molecule has 1 heterocycles. The van der Waals surface area contributed by atoms with E-state index in [1.165, 1.54) is 0 Å². The molecule has 0 bridgehead atoms. The summed E-state index contributed by atoms with van der Waals surface area (Å²) >= 11 is 0. The minimum atomic E-state index is -4.51. The monoisotopic (exact) mass is 235 g/mol. The van der Waals surface area contributed by atoms with E-state index in [0.29, 0.717) is 0 Å². The minimum Gasteiger partial charge on any atom is -0.464 e. The van der Waals surface area contributed by atoms with Crippen molar-refractivity contribution in [2.24, 2.45) is 5.73 Å². The number of hydrogen-bond donors (Lipinski definition) is 1. The Morgan fingerprint density at radius 1 is 1.44 bits per heavy atom. The van der Waals surface area contributed by atoms with Gasteiger partial charge in [-0.25, -0.2) is 4.98 Å². The summed E-state index contributed by atoms with van der Waals surface area (Å²) in [6.45, 7) is 1.97. The van der Waals surface area contributed by atoms with E-state index >= 15 is 0 Å². The summed E-state index contributed by atoms with van der Waals surface area (Å²) in [5.74, 6) is 0. The molecule has 0 saturated heterocycles. The molecule has 2 N–H and O–H groups in total. The Kier molecular flexibility index (Phi) is 4.05. The van der Waals surface area contributed by atoms with Crippen LogP contribution in [0, 0.1) is 0 Å². The van der Waals surface area contributed by atoms with Gasteiger partial charge in [-0.05, 0) is 19.9 Å². The maximum atomic E-state index is 12.6. The molecule has 0 radical (unpaired) electrons. The van der Waals surface area contributed by atoms with Crippen LogP contribution in [-0.2, 0) is 12.6 Å². The maximum Gasteiger partial charge on any atom is 0.433 e. The summed E-state index contributed by atoms with van der Waals surface area (Å²) in [4.78, 5) is 7.01. The highest BCUT2D eigenvalue weighted by atomic mass is 19.4. The van der Waals surface area contributed by atoms with Gasteiger partial charge in [-0.15, -0.1) is 0 Å². The second-order valence-corrected chi connectivity index (χ2v) is 3.00. The fraction of sp³-hybridized carbons (Fsp3) is 0.556. The van der Waals surface area contributed by atoms with Gasteiger partial charge >= 0.3 is 12.2 Å². The van der Waals surface area contributed by atoms with Gasteiger partial charge in [0.05, 0.1) is 6.61 Å². The first-order valence-corrected chi connectivity index (χ1v) is 4.75. The molecule has 0 amide bonds. The molecule has 0 atom stereocenters. The number of ether oxygens (including phenoxy) is 1. The third-order valence-corrected chi connectivity index (χ3v) is 1.80. The first-order valence-electron chi connectivity index (χ1n) is 4.75. The Hall–Kier alpha value is -1.37. The molecule has 4 nitrogen and oxygen atoms in total. The van der Waals surface area contributed by atoms with Crippen LogP contribution in [0.5, 0.6) is 6.01 Å². The summed E-state index contributed by atoms with van der Waals surface area (Å²) in [5, 5.41) is 0. The molecule has 0 unspecified atom stereocenters. The van der Waals surface area contributed by atoms with E-state index in [-0.39, 0.29) is 31.1 Å². The predicted octanol–water partition coefficient (Wildman–Crippen LogP) is 1.40. The van der Waals surface area contributed by atoms with Crippen LogP contribution >= 0.6 is 0 Å². The van der Waals surface area contributed by atoms with Crippen LogP contribution in [0.2, 0.25) is 0 Å². The minimum absolute atomic E-state index is 0.0153. The first kappa shape index (κ1) is 12.7. The Balaban J connectivity index is 3.11. The molecule has 1 aromatic rings. The number of nitrogens with zero attached hydrogens (tertiary/aromatic N) is 2.